The van der Waals surface area contributed by atoms with Gasteiger partial charge in [0.25, 0.3) is 5.91 Å². The quantitative estimate of drug-likeness (QED) is 0.786. The van der Waals surface area contributed by atoms with Crippen LogP contribution in [-0.2, 0) is 6.42 Å². The predicted octanol–water partition coefficient (Wildman–Crippen LogP) is 3.02. The SMILES string of the molecule is Cc1oc(-c2ccccc2)nc1CCNC(=O)c1ccncc1. The number of benzene rings is 1. The van der Waals surface area contributed by atoms with Crippen LogP contribution in [0.5, 0.6) is 0 Å². The Morgan fingerprint density at radius 3 is 2.61 bits per heavy atom. The van der Waals surface area contributed by atoms with Gasteiger partial charge in [0.1, 0.15) is 5.76 Å². The molecule has 1 amide bonds. The first kappa shape index (κ1) is 15.0. The van der Waals surface area contributed by atoms with Gasteiger partial charge < -0.3 is 9.73 Å². The molecule has 0 atom stereocenters. The van der Waals surface area contributed by atoms with E-state index in [-0.39, 0.29) is 5.91 Å². The fraction of sp³-hybridized carbons (Fsp3) is 0.167. The Bertz CT molecular complexity index is 783. The summed E-state index contributed by atoms with van der Waals surface area (Å²) in [7, 11) is 0. The summed E-state index contributed by atoms with van der Waals surface area (Å²) >= 11 is 0. The van der Waals surface area contributed by atoms with Gasteiger partial charge in [-0.3, -0.25) is 9.78 Å². The number of nitrogens with zero attached hydrogens (tertiary/aromatic N) is 2. The Hall–Kier alpha value is -2.95. The van der Waals surface area contributed by atoms with Gasteiger partial charge in [0.2, 0.25) is 5.89 Å². The molecular formula is C18H17N3O2. The van der Waals surface area contributed by atoms with Crippen molar-refractivity contribution in [3.8, 4) is 11.5 Å². The average molecular weight is 307 g/mol. The number of hydrogen-bond acceptors (Lipinski definition) is 4. The van der Waals surface area contributed by atoms with Crippen LogP contribution in [0.15, 0.2) is 59.3 Å². The van der Waals surface area contributed by atoms with Crippen molar-refractivity contribution in [2.24, 2.45) is 0 Å². The molecule has 2 aromatic heterocycles. The lowest BCUT2D eigenvalue weighted by Crippen LogP contribution is -2.25. The summed E-state index contributed by atoms with van der Waals surface area (Å²) < 4.78 is 5.71. The second-order valence-electron chi connectivity index (χ2n) is 5.13. The third-order valence-electron chi connectivity index (χ3n) is 3.50. The van der Waals surface area contributed by atoms with Gasteiger partial charge in [-0.2, -0.15) is 0 Å². The number of carbonyl (C=O) groups is 1. The normalized spacial score (nSPS) is 10.5. The van der Waals surface area contributed by atoms with Gasteiger partial charge in [-0.25, -0.2) is 4.98 Å². The largest absolute Gasteiger partial charge is 0.441 e. The molecule has 5 nitrogen and oxygen atoms in total. The van der Waals surface area contributed by atoms with E-state index in [4.69, 9.17) is 4.42 Å². The summed E-state index contributed by atoms with van der Waals surface area (Å²) in [5, 5.41) is 2.88. The van der Waals surface area contributed by atoms with E-state index in [9.17, 15) is 4.79 Å². The van der Waals surface area contributed by atoms with Crippen molar-refractivity contribution in [3.63, 3.8) is 0 Å². The summed E-state index contributed by atoms with van der Waals surface area (Å²) in [5.74, 6) is 1.28. The molecule has 1 aromatic carbocycles. The van der Waals surface area contributed by atoms with Crippen LogP contribution < -0.4 is 5.32 Å². The molecule has 0 aliphatic carbocycles. The molecule has 0 unspecified atom stereocenters. The first-order valence-electron chi connectivity index (χ1n) is 7.44. The van der Waals surface area contributed by atoms with E-state index in [1.54, 1.807) is 24.5 Å². The molecule has 0 radical (unpaired) electrons. The van der Waals surface area contributed by atoms with Crippen LogP contribution in [-0.4, -0.2) is 22.4 Å². The van der Waals surface area contributed by atoms with E-state index in [2.05, 4.69) is 15.3 Å². The van der Waals surface area contributed by atoms with Gasteiger partial charge >= 0.3 is 0 Å². The van der Waals surface area contributed by atoms with Crippen molar-refractivity contribution in [2.45, 2.75) is 13.3 Å². The van der Waals surface area contributed by atoms with E-state index in [1.807, 2.05) is 37.3 Å². The highest BCUT2D eigenvalue weighted by Gasteiger charge is 2.11. The molecule has 23 heavy (non-hydrogen) atoms. The summed E-state index contributed by atoms with van der Waals surface area (Å²) in [4.78, 5) is 20.4. The summed E-state index contributed by atoms with van der Waals surface area (Å²) in [6, 6.07) is 13.1. The molecule has 116 valence electrons. The van der Waals surface area contributed by atoms with Gasteiger partial charge in [-0.1, -0.05) is 18.2 Å². The Morgan fingerprint density at radius 1 is 1.13 bits per heavy atom. The number of hydrogen-bond donors (Lipinski definition) is 1. The molecule has 2 heterocycles. The minimum atomic E-state index is -0.114. The Morgan fingerprint density at radius 2 is 1.87 bits per heavy atom. The molecule has 1 N–H and O–H groups in total. The van der Waals surface area contributed by atoms with Crippen molar-refractivity contribution in [1.82, 2.24) is 15.3 Å². The fourth-order valence-electron chi connectivity index (χ4n) is 2.26. The number of rotatable bonds is 5. The molecule has 0 spiro atoms. The van der Waals surface area contributed by atoms with Crippen LogP contribution >= 0.6 is 0 Å². The monoisotopic (exact) mass is 307 g/mol. The third-order valence-corrected chi connectivity index (χ3v) is 3.50. The van der Waals surface area contributed by atoms with Gasteiger partial charge in [-0.15, -0.1) is 0 Å². The van der Waals surface area contributed by atoms with Crippen LogP contribution in [0.25, 0.3) is 11.5 Å². The van der Waals surface area contributed by atoms with Crippen LogP contribution in [0.2, 0.25) is 0 Å². The highest BCUT2D eigenvalue weighted by Crippen LogP contribution is 2.21. The molecular weight excluding hydrogens is 290 g/mol. The summed E-state index contributed by atoms with van der Waals surface area (Å²) in [6.45, 7) is 2.39. The number of aryl methyl sites for hydroxylation is 1. The Balaban J connectivity index is 1.61. The van der Waals surface area contributed by atoms with Crippen molar-refractivity contribution in [1.29, 1.82) is 0 Å². The molecule has 0 bridgehead atoms. The second-order valence-corrected chi connectivity index (χ2v) is 5.13. The topological polar surface area (TPSA) is 68.0 Å². The minimum Gasteiger partial charge on any atom is -0.441 e. The number of carbonyl (C=O) groups excluding carboxylic acids is 1. The molecule has 0 aliphatic heterocycles. The predicted molar refractivity (Wildman–Crippen MR) is 87.0 cm³/mol. The first-order chi connectivity index (χ1) is 11.2. The number of aromatic nitrogens is 2. The lowest BCUT2D eigenvalue weighted by molar-refractivity contribution is 0.0954. The lowest BCUT2D eigenvalue weighted by atomic mass is 10.2. The average Bonchev–Trinajstić information content (AvgIpc) is 2.97. The number of pyridine rings is 1. The zero-order chi connectivity index (χ0) is 16.1. The maximum absolute atomic E-state index is 12.0. The molecule has 0 saturated heterocycles. The third kappa shape index (κ3) is 3.63. The van der Waals surface area contributed by atoms with Gasteiger partial charge in [-0.05, 0) is 31.2 Å². The molecule has 3 aromatic rings. The molecule has 0 saturated carbocycles. The first-order valence-corrected chi connectivity index (χ1v) is 7.44. The van der Waals surface area contributed by atoms with E-state index < -0.39 is 0 Å². The Kier molecular flexibility index (Phi) is 4.47. The van der Waals surface area contributed by atoms with E-state index in [1.165, 1.54) is 0 Å². The molecule has 0 fully saturated rings. The molecule has 5 heteroatoms. The number of nitrogens with one attached hydrogen (secondary N) is 1. The van der Waals surface area contributed by atoms with Crippen LogP contribution in [0.3, 0.4) is 0 Å². The highest BCUT2D eigenvalue weighted by atomic mass is 16.4. The van der Waals surface area contributed by atoms with Gasteiger partial charge in [0.15, 0.2) is 0 Å². The summed E-state index contributed by atoms with van der Waals surface area (Å²) in [5.41, 5.74) is 2.41. The summed E-state index contributed by atoms with van der Waals surface area (Å²) in [6.07, 6.45) is 3.82. The van der Waals surface area contributed by atoms with E-state index in [0.717, 1.165) is 17.0 Å². The fourth-order valence-corrected chi connectivity index (χ4v) is 2.26. The van der Waals surface area contributed by atoms with E-state index in [0.29, 0.717) is 24.4 Å². The smallest absolute Gasteiger partial charge is 0.251 e. The van der Waals surface area contributed by atoms with Crippen LogP contribution in [0, 0.1) is 6.92 Å². The van der Waals surface area contributed by atoms with Crippen molar-refractivity contribution in [3.05, 3.63) is 71.9 Å². The van der Waals surface area contributed by atoms with Crippen LogP contribution in [0.4, 0.5) is 0 Å². The van der Waals surface area contributed by atoms with E-state index >= 15 is 0 Å². The highest BCUT2D eigenvalue weighted by molar-refractivity contribution is 5.93. The van der Waals surface area contributed by atoms with Gasteiger partial charge in [0.05, 0.1) is 5.69 Å². The zero-order valence-electron chi connectivity index (χ0n) is 12.8. The van der Waals surface area contributed by atoms with Gasteiger partial charge in [0, 0.05) is 36.5 Å². The lowest BCUT2D eigenvalue weighted by Gasteiger charge is -2.03. The van der Waals surface area contributed by atoms with Crippen molar-refractivity contribution >= 4 is 5.91 Å². The molecule has 3 rings (SSSR count). The molecule has 0 aliphatic rings. The van der Waals surface area contributed by atoms with Crippen molar-refractivity contribution < 1.29 is 9.21 Å². The second kappa shape index (κ2) is 6.87. The number of oxazole rings is 1. The van der Waals surface area contributed by atoms with Crippen LogP contribution in [0.1, 0.15) is 21.8 Å². The standard InChI is InChI=1S/C18H17N3O2/c1-13-16(21-18(23-13)15-5-3-2-4-6-15)9-12-20-17(22)14-7-10-19-11-8-14/h2-8,10-11H,9,12H2,1H3,(H,20,22). The Labute approximate surface area is 134 Å². The number of amides is 1. The zero-order valence-corrected chi connectivity index (χ0v) is 12.8. The van der Waals surface area contributed by atoms with Crippen molar-refractivity contribution in [2.75, 3.05) is 6.54 Å². The maximum atomic E-state index is 12.0. The maximum Gasteiger partial charge on any atom is 0.251 e. The minimum absolute atomic E-state index is 0.114.